The van der Waals surface area contributed by atoms with E-state index in [1.165, 1.54) is 5.56 Å². The summed E-state index contributed by atoms with van der Waals surface area (Å²) in [5.41, 5.74) is 2.36. The number of nitrogens with zero attached hydrogens (tertiary/aromatic N) is 2. The lowest BCUT2D eigenvalue weighted by Gasteiger charge is -2.09. The number of nitrogens with one attached hydrogen (secondary N) is 1. The zero-order valence-electron chi connectivity index (χ0n) is 11.5. The average Bonchev–Trinajstić information content (AvgIpc) is 2.99. The number of anilines is 1. The number of rotatable bonds is 5. The molecular weight excluding hydrogens is 282 g/mol. The van der Waals surface area contributed by atoms with Gasteiger partial charge in [-0.25, -0.2) is 4.98 Å². The standard InChI is InChI=1S/C17H16ClN3/c18-15-8-6-14(7-9-15)10-11-19-17-20-12-13-21(17)16-4-2-1-3-5-16/h1-9,12-13H,10-11H2,(H,19,20). The van der Waals surface area contributed by atoms with Gasteiger partial charge in [0, 0.05) is 29.6 Å². The van der Waals surface area contributed by atoms with Gasteiger partial charge < -0.3 is 5.32 Å². The van der Waals surface area contributed by atoms with Gasteiger partial charge in [0.2, 0.25) is 5.95 Å². The molecule has 1 heterocycles. The quantitative estimate of drug-likeness (QED) is 0.765. The molecule has 3 aromatic rings. The van der Waals surface area contributed by atoms with E-state index in [0.717, 1.165) is 29.6 Å². The Labute approximate surface area is 129 Å². The Morgan fingerprint density at radius 2 is 1.76 bits per heavy atom. The van der Waals surface area contributed by atoms with E-state index in [4.69, 9.17) is 11.6 Å². The monoisotopic (exact) mass is 297 g/mol. The van der Waals surface area contributed by atoms with Crippen LogP contribution in [-0.2, 0) is 6.42 Å². The van der Waals surface area contributed by atoms with Crippen LogP contribution in [0.2, 0.25) is 5.02 Å². The Hall–Kier alpha value is -2.26. The molecule has 1 N–H and O–H groups in total. The highest BCUT2D eigenvalue weighted by Gasteiger charge is 2.03. The van der Waals surface area contributed by atoms with Crippen molar-refractivity contribution in [1.29, 1.82) is 0 Å². The Morgan fingerprint density at radius 3 is 2.52 bits per heavy atom. The highest BCUT2D eigenvalue weighted by atomic mass is 35.5. The second kappa shape index (κ2) is 6.46. The molecule has 0 amide bonds. The fourth-order valence-corrected chi connectivity index (χ4v) is 2.33. The van der Waals surface area contributed by atoms with Crippen molar-refractivity contribution in [2.45, 2.75) is 6.42 Å². The molecule has 0 aliphatic heterocycles. The molecule has 2 aromatic carbocycles. The van der Waals surface area contributed by atoms with Crippen LogP contribution in [-0.4, -0.2) is 16.1 Å². The van der Waals surface area contributed by atoms with Crippen LogP contribution < -0.4 is 5.32 Å². The highest BCUT2D eigenvalue weighted by molar-refractivity contribution is 6.30. The summed E-state index contributed by atoms with van der Waals surface area (Å²) in [7, 11) is 0. The first-order chi connectivity index (χ1) is 10.3. The minimum absolute atomic E-state index is 0.770. The van der Waals surface area contributed by atoms with Crippen molar-refractivity contribution in [3.05, 3.63) is 77.6 Å². The molecule has 0 spiro atoms. The SMILES string of the molecule is Clc1ccc(CCNc2nccn2-c2ccccc2)cc1. The molecule has 0 saturated carbocycles. The largest absolute Gasteiger partial charge is 0.355 e. The van der Waals surface area contributed by atoms with Gasteiger partial charge in [-0.1, -0.05) is 41.9 Å². The molecule has 0 bridgehead atoms. The van der Waals surface area contributed by atoms with Gasteiger partial charge >= 0.3 is 0 Å². The fraction of sp³-hybridized carbons (Fsp3) is 0.118. The summed E-state index contributed by atoms with van der Waals surface area (Å²) in [6, 6.07) is 18.1. The number of para-hydroxylation sites is 1. The Kier molecular flexibility index (Phi) is 4.22. The lowest BCUT2D eigenvalue weighted by Crippen LogP contribution is -2.09. The van der Waals surface area contributed by atoms with E-state index in [1.54, 1.807) is 6.20 Å². The summed E-state index contributed by atoms with van der Waals surface area (Å²) < 4.78 is 2.04. The summed E-state index contributed by atoms with van der Waals surface area (Å²) in [5, 5.41) is 4.14. The van der Waals surface area contributed by atoms with Gasteiger partial charge in [-0.3, -0.25) is 4.57 Å². The average molecular weight is 298 g/mol. The van der Waals surface area contributed by atoms with Crippen LogP contribution in [0.25, 0.3) is 5.69 Å². The molecule has 0 aliphatic carbocycles. The molecule has 0 unspecified atom stereocenters. The van der Waals surface area contributed by atoms with E-state index >= 15 is 0 Å². The first-order valence-corrected chi connectivity index (χ1v) is 7.28. The number of hydrogen-bond acceptors (Lipinski definition) is 2. The molecular formula is C17H16ClN3. The van der Waals surface area contributed by atoms with E-state index in [0.29, 0.717) is 0 Å². The van der Waals surface area contributed by atoms with Crippen LogP contribution in [0.1, 0.15) is 5.56 Å². The maximum absolute atomic E-state index is 5.89. The number of aromatic nitrogens is 2. The second-order valence-corrected chi connectivity index (χ2v) is 5.20. The summed E-state index contributed by atoms with van der Waals surface area (Å²) in [6.07, 6.45) is 4.69. The first kappa shape index (κ1) is 13.7. The Balaban J connectivity index is 1.64. The van der Waals surface area contributed by atoms with Gasteiger partial charge in [-0.05, 0) is 36.2 Å². The van der Waals surface area contributed by atoms with E-state index < -0.39 is 0 Å². The minimum atomic E-state index is 0.770. The van der Waals surface area contributed by atoms with Crippen LogP contribution in [0.4, 0.5) is 5.95 Å². The van der Waals surface area contributed by atoms with Crippen LogP contribution in [0.15, 0.2) is 67.0 Å². The molecule has 0 atom stereocenters. The molecule has 0 aliphatic rings. The van der Waals surface area contributed by atoms with Gasteiger partial charge in [0.15, 0.2) is 0 Å². The normalized spacial score (nSPS) is 10.5. The lowest BCUT2D eigenvalue weighted by molar-refractivity contribution is 0.962. The molecule has 3 rings (SSSR count). The third kappa shape index (κ3) is 3.44. The Morgan fingerprint density at radius 1 is 1.00 bits per heavy atom. The summed E-state index contributed by atoms with van der Waals surface area (Å²) >= 11 is 5.89. The minimum Gasteiger partial charge on any atom is -0.355 e. The number of imidazole rings is 1. The van der Waals surface area contributed by atoms with Crippen molar-refractivity contribution in [3.8, 4) is 5.69 Å². The predicted octanol–water partition coefficient (Wildman–Crippen LogP) is 4.18. The fourth-order valence-electron chi connectivity index (χ4n) is 2.20. The third-order valence-corrected chi connectivity index (χ3v) is 3.54. The van der Waals surface area contributed by atoms with Gasteiger partial charge in [0.1, 0.15) is 0 Å². The van der Waals surface area contributed by atoms with Crippen LogP contribution >= 0.6 is 11.6 Å². The third-order valence-electron chi connectivity index (χ3n) is 3.29. The number of hydrogen-bond donors (Lipinski definition) is 1. The van der Waals surface area contributed by atoms with Gasteiger partial charge in [-0.2, -0.15) is 0 Å². The van der Waals surface area contributed by atoms with Crippen molar-refractivity contribution in [3.63, 3.8) is 0 Å². The number of benzene rings is 2. The van der Waals surface area contributed by atoms with Crippen molar-refractivity contribution in [1.82, 2.24) is 9.55 Å². The summed E-state index contributed by atoms with van der Waals surface area (Å²) in [6.45, 7) is 0.825. The molecule has 0 radical (unpaired) electrons. The van der Waals surface area contributed by atoms with Gasteiger partial charge in [0.05, 0.1) is 0 Å². The predicted molar refractivity (Wildman–Crippen MR) is 87.2 cm³/mol. The summed E-state index contributed by atoms with van der Waals surface area (Å²) in [4.78, 5) is 4.37. The van der Waals surface area contributed by atoms with E-state index in [2.05, 4.69) is 22.4 Å². The maximum atomic E-state index is 5.89. The van der Waals surface area contributed by atoms with Crippen molar-refractivity contribution >= 4 is 17.5 Å². The molecule has 21 heavy (non-hydrogen) atoms. The van der Waals surface area contributed by atoms with E-state index in [-0.39, 0.29) is 0 Å². The Bertz CT molecular complexity index is 690. The van der Waals surface area contributed by atoms with Crippen molar-refractivity contribution < 1.29 is 0 Å². The zero-order chi connectivity index (χ0) is 14.5. The van der Waals surface area contributed by atoms with E-state index in [1.807, 2.05) is 53.2 Å². The molecule has 0 fully saturated rings. The smallest absolute Gasteiger partial charge is 0.207 e. The topological polar surface area (TPSA) is 29.9 Å². The highest BCUT2D eigenvalue weighted by Crippen LogP contribution is 2.14. The van der Waals surface area contributed by atoms with Gasteiger partial charge in [-0.15, -0.1) is 0 Å². The first-order valence-electron chi connectivity index (χ1n) is 6.90. The molecule has 0 saturated heterocycles. The second-order valence-electron chi connectivity index (χ2n) is 4.76. The van der Waals surface area contributed by atoms with Crippen LogP contribution in [0.5, 0.6) is 0 Å². The maximum Gasteiger partial charge on any atom is 0.207 e. The molecule has 4 heteroatoms. The van der Waals surface area contributed by atoms with Crippen molar-refractivity contribution in [2.75, 3.05) is 11.9 Å². The van der Waals surface area contributed by atoms with Gasteiger partial charge in [0.25, 0.3) is 0 Å². The zero-order valence-corrected chi connectivity index (χ0v) is 12.3. The molecule has 1 aromatic heterocycles. The lowest BCUT2D eigenvalue weighted by atomic mass is 10.1. The van der Waals surface area contributed by atoms with Crippen LogP contribution in [0.3, 0.4) is 0 Å². The van der Waals surface area contributed by atoms with Crippen LogP contribution in [0, 0.1) is 0 Å². The summed E-state index contributed by atoms with van der Waals surface area (Å²) in [5.74, 6) is 0.857. The number of halogens is 1. The molecule has 3 nitrogen and oxygen atoms in total. The van der Waals surface area contributed by atoms with Crippen molar-refractivity contribution in [2.24, 2.45) is 0 Å². The van der Waals surface area contributed by atoms with E-state index in [9.17, 15) is 0 Å². The molecule has 106 valence electrons.